The van der Waals surface area contributed by atoms with Gasteiger partial charge in [0.05, 0.1) is 0 Å². The van der Waals surface area contributed by atoms with Crippen LogP contribution in [0, 0.1) is 11.8 Å². The normalized spacial score (nSPS) is 27.2. The average Bonchev–Trinajstić information content (AvgIpc) is 2.11. The maximum Gasteiger partial charge on any atom is -0.0386 e. The lowest BCUT2D eigenvalue weighted by Gasteiger charge is -2.37. The molecule has 0 aliphatic heterocycles. The van der Waals surface area contributed by atoms with Crippen LogP contribution in [-0.2, 0) is 0 Å². The number of hydrogen-bond donors (Lipinski definition) is 0. The van der Waals surface area contributed by atoms with Crippen LogP contribution in [-0.4, -0.2) is 0 Å². The summed E-state index contributed by atoms with van der Waals surface area (Å²) >= 11 is 0. The molecule has 78 valence electrons. The Bertz CT molecular complexity index is 117. The lowest BCUT2D eigenvalue weighted by molar-refractivity contribution is 0.146. The van der Waals surface area contributed by atoms with Crippen molar-refractivity contribution in [3.63, 3.8) is 0 Å². The fourth-order valence-corrected chi connectivity index (χ4v) is 2.52. The van der Waals surface area contributed by atoms with E-state index < -0.39 is 0 Å². The van der Waals surface area contributed by atoms with Gasteiger partial charge in [-0.05, 0) is 24.7 Å². The van der Waals surface area contributed by atoms with E-state index in [1.165, 1.54) is 57.8 Å². The molecule has 0 bridgehead atoms. The van der Waals surface area contributed by atoms with Gasteiger partial charge in [-0.1, -0.05) is 58.8 Å². The molecule has 1 fully saturated rings. The molecular formula is C13H26. The summed E-state index contributed by atoms with van der Waals surface area (Å²) in [6.07, 6.45) is 13.3. The second-order valence-corrected chi connectivity index (χ2v) is 4.74. The molecule has 2 unspecified atom stereocenters. The first-order valence-electron chi connectivity index (χ1n) is 6.38. The van der Waals surface area contributed by atoms with E-state index in [0.717, 1.165) is 11.8 Å². The van der Waals surface area contributed by atoms with Crippen LogP contribution in [0.2, 0.25) is 0 Å². The maximum absolute atomic E-state index is 2.31. The summed E-state index contributed by atoms with van der Waals surface area (Å²) < 4.78 is 0. The molecule has 0 heterocycles. The summed E-state index contributed by atoms with van der Waals surface area (Å²) in [6, 6.07) is 0. The summed E-state index contributed by atoms with van der Waals surface area (Å²) in [6.45, 7) is 4.61. The molecule has 0 amide bonds. The number of rotatable bonds is 7. The average molecular weight is 182 g/mol. The minimum atomic E-state index is 1.12. The Balaban J connectivity index is 1.99. The molecule has 0 spiro atoms. The minimum absolute atomic E-state index is 1.12. The standard InChI is InChI=1S/C13H26/c1-3-5-7-9-13-11-10-12(13)8-6-4-2/h12-13H,3-11H2,1-2H3. The van der Waals surface area contributed by atoms with E-state index in [0.29, 0.717) is 0 Å². The van der Waals surface area contributed by atoms with Gasteiger partial charge in [-0.15, -0.1) is 0 Å². The first-order chi connectivity index (χ1) is 6.38. The van der Waals surface area contributed by atoms with Gasteiger partial charge in [0.15, 0.2) is 0 Å². The van der Waals surface area contributed by atoms with Crippen LogP contribution < -0.4 is 0 Å². The van der Waals surface area contributed by atoms with E-state index in [1.54, 1.807) is 0 Å². The zero-order valence-electron chi connectivity index (χ0n) is 9.52. The Morgan fingerprint density at radius 1 is 0.769 bits per heavy atom. The second-order valence-electron chi connectivity index (χ2n) is 4.74. The lowest BCUT2D eigenvalue weighted by Crippen LogP contribution is -2.25. The van der Waals surface area contributed by atoms with E-state index in [2.05, 4.69) is 13.8 Å². The quantitative estimate of drug-likeness (QED) is 0.497. The van der Waals surface area contributed by atoms with Crippen molar-refractivity contribution in [2.75, 3.05) is 0 Å². The smallest absolute Gasteiger partial charge is 0.0386 e. The van der Waals surface area contributed by atoms with Gasteiger partial charge in [0, 0.05) is 0 Å². The Morgan fingerprint density at radius 3 is 1.77 bits per heavy atom. The van der Waals surface area contributed by atoms with E-state index in [-0.39, 0.29) is 0 Å². The Labute approximate surface area is 84.1 Å². The van der Waals surface area contributed by atoms with Crippen LogP contribution in [0.25, 0.3) is 0 Å². The van der Waals surface area contributed by atoms with Crippen LogP contribution in [0.5, 0.6) is 0 Å². The Kier molecular flexibility index (Phi) is 5.50. The van der Waals surface area contributed by atoms with E-state index in [4.69, 9.17) is 0 Å². The maximum atomic E-state index is 2.31. The molecule has 1 aliphatic rings. The van der Waals surface area contributed by atoms with Crippen molar-refractivity contribution in [2.45, 2.75) is 71.6 Å². The first-order valence-corrected chi connectivity index (χ1v) is 6.38. The van der Waals surface area contributed by atoms with Crippen LogP contribution in [0.3, 0.4) is 0 Å². The summed E-state index contributed by atoms with van der Waals surface area (Å²) in [5.41, 5.74) is 0. The fourth-order valence-electron chi connectivity index (χ4n) is 2.52. The predicted molar refractivity (Wildman–Crippen MR) is 59.9 cm³/mol. The van der Waals surface area contributed by atoms with Crippen LogP contribution in [0.15, 0.2) is 0 Å². The van der Waals surface area contributed by atoms with Crippen LogP contribution in [0.4, 0.5) is 0 Å². The summed E-state index contributed by atoms with van der Waals surface area (Å²) in [5.74, 6) is 2.25. The van der Waals surface area contributed by atoms with E-state index in [9.17, 15) is 0 Å². The van der Waals surface area contributed by atoms with Gasteiger partial charge in [-0.2, -0.15) is 0 Å². The van der Waals surface area contributed by atoms with Gasteiger partial charge in [0.1, 0.15) is 0 Å². The van der Waals surface area contributed by atoms with Gasteiger partial charge < -0.3 is 0 Å². The fraction of sp³-hybridized carbons (Fsp3) is 1.00. The first kappa shape index (κ1) is 11.1. The molecule has 2 atom stereocenters. The van der Waals surface area contributed by atoms with Gasteiger partial charge in [-0.25, -0.2) is 0 Å². The molecule has 1 rings (SSSR count). The Morgan fingerprint density at radius 2 is 1.31 bits per heavy atom. The highest BCUT2D eigenvalue weighted by Crippen LogP contribution is 2.40. The largest absolute Gasteiger partial charge is 0.0654 e. The summed E-state index contributed by atoms with van der Waals surface area (Å²) in [4.78, 5) is 0. The van der Waals surface area contributed by atoms with Crippen molar-refractivity contribution in [3.8, 4) is 0 Å². The molecule has 0 nitrogen and oxygen atoms in total. The molecule has 0 aromatic rings. The van der Waals surface area contributed by atoms with Crippen LogP contribution >= 0.6 is 0 Å². The zero-order chi connectivity index (χ0) is 9.52. The van der Waals surface area contributed by atoms with Gasteiger partial charge in [0.2, 0.25) is 0 Å². The molecule has 13 heavy (non-hydrogen) atoms. The third kappa shape index (κ3) is 3.70. The molecule has 0 aromatic carbocycles. The lowest BCUT2D eigenvalue weighted by atomic mass is 9.69. The molecule has 0 radical (unpaired) electrons. The van der Waals surface area contributed by atoms with Crippen molar-refractivity contribution in [2.24, 2.45) is 11.8 Å². The highest BCUT2D eigenvalue weighted by molar-refractivity contribution is 4.80. The number of hydrogen-bond acceptors (Lipinski definition) is 0. The molecular weight excluding hydrogens is 156 g/mol. The van der Waals surface area contributed by atoms with Crippen molar-refractivity contribution < 1.29 is 0 Å². The molecule has 0 heteroatoms. The highest BCUT2D eigenvalue weighted by atomic mass is 14.3. The predicted octanol–water partition coefficient (Wildman–Crippen LogP) is 4.78. The molecule has 1 saturated carbocycles. The minimum Gasteiger partial charge on any atom is -0.0654 e. The van der Waals surface area contributed by atoms with Gasteiger partial charge >= 0.3 is 0 Å². The van der Waals surface area contributed by atoms with Crippen molar-refractivity contribution >= 4 is 0 Å². The summed E-state index contributed by atoms with van der Waals surface area (Å²) in [7, 11) is 0. The van der Waals surface area contributed by atoms with Crippen molar-refractivity contribution in [3.05, 3.63) is 0 Å². The molecule has 1 aliphatic carbocycles. The topological polar surface area (TPSA) is 0 Å². The van der Waals surface area contributed by atoms with E-state index >= 15 is 0 Å². The SMILES string of the molecule is CCCCCC1CCC1CCCC. The van der Waals surface area contributed by atoms with Crippen molar-refractivity contribution in [1.29, 1.82) is 0 Å². The molecule has 0 aromatic heterocycles. The highest BCUT2D eigenvalue weighted by Gasteiger charge is 2.28. The second kappa shape index (κ2) is 6.45. The molecule has 0 saturated heterocycles. The van der Waals surface area contributed by atoms with Crippen LogP contribution in [0.1, 0.15) is 71.6 Å². The van der Waals surface area contributed by atoms with Gasteiger partial charge in [0.25, 0.3) is 0 Å². The third-order valence-corrected chi connectivity index (χ3v) is 3.68. The van der Waals surface area contributed by atoms with Gasteiger partial charge in [-0.3, -0.25) is 0 Å². The number of unbranched alkanes of at least 4 members (excludes halogenated alkanes) is 3. The zero-order valence-corrected chi connectivity index (χ0v) is 9.52. The summed E-state index contributed by atoms with van der Waals surface area (Å²) in [5, 5.41) is 0. The monoisotopic (exact) mass is 182 g/mol. The van der Waals surface area contributed by atoms with E-state index in [1.807, 2.05) is 0 Å². The Hall–Kier alpha value is 0. The van der Waals surface area contributed by atoms with Crippen molar-refractivity contribution in [1.82, 2.24) is 0 Å². The molecule has 0 N–H and O–H groups in total. The third-order valence-electron chi connectivity index (χ3n) is 3.68.